The number of carboxylic acids is 1. The van der Waals surface area contributed by atoms with E-state index >= 15 is 0 Å². The number of benzene rings is 1. The Morgan fingerprint density at radius 2 is 2.26 bits per heavy atom. The molecular weight excluding hydrogens is 250 g/mol. The standard InChI is InChI=1S/C13H15NO5/c1-18-9-5-3-2-4-8(9)6-10-12(13(16)17)14-11(15)7-19-10/h2-5,10,12H,6-7H2,1H3,(H,14,15)(H,16,17). The number of nitrogens with one attached hydrogen (secondary N) is 1. The molecule has 19 heavy (non-hydrogen) atoms. The van der Waals surface area contributed by atoms with Gasteiger partial charge in [0.15, 0.2) is 6.04 Å². The van der Waals surface area contributed by atoms with Crippen molar-refractivity contribution < 1.29 is 24.2 Å². The van der Waals surface area contributed by atoms with Crippen molar-refractivity contribution in [2.24, 2.45) is 0 Å². The highest BCUT2D eigenvalue weighted by atomic mass is 16.5. The summed E-state index contributed by atoms with van der Waals surface area (Å²) in [7, 11) is 1.55. The van der Waals surface area contributed by atoms with Crippen LogP contribution in [-0.2, 0) is 20.7 Å². The molecule has 1 aromatic rings. The fourth-order valence-electron chi connectivity index (χ4n) is 2.07. The van der Waals surface area contributed by atoms with Gasteiger partial charge in [0.1, 0.15) is 12.4 Å². The van der Waals surface area contributed by atoms with Crippen molar-refractivity contribution in [3.05, 3.63) is 29.8 Å². The van der Waals surface area contributed by atoms with Crippen LogP contribution in [0.2, 0.25) is 0 Å². The van der Waals surface area contributed by atoms with Crippen molar-refractivity contribution in [1.82, 2.24) is 5.32 Å². The molecule has 0 radical (unpaired) electrons. The maximum atomic E-state index is 11.2. The summed E-state index contributed by atoms with van der Waals surface area (Å²) in [5.41, 5.74) is 0.845. The molecule has 1 aliphatic heterocycles. The Hall–Kier alpha value is -2.08. The quantitative estimate of drug-likeness (QED) is 0.812. The number of hydrogen-bond acceptors (Lipinski definition) is 4. The van der Waals surface area contributed by atoms with Crippen LogP contribution >= 0.6 is 0 Å². The lowest BCUT2D eigenvalue weighted by Gasteiger charge is -2.29. The monoisotopic (exact) mass is 265 g/mol. The van der Waals surface area contributed by atoms with Gasteiger partial charge in [0.2, 0.25) is 5.91 Å². The largest absolute Gasteiger partial charge is 0.496 e. The lowest BCUT2D eigenvalue weighted by Crippen LogP contribution is -2.56. The Labute approximate surface area is 110 Å². The van der Waals surface area contributed by atoms with Crippen LogP contribution in [0.25, 0.3) is 0 Å². The summed E-state index contributed by atoms with van der Waals surface area (Å²) >= 11 is 0. The van der Waals surface area contributed by atoms with E-state index in [2.05, 4.69) is 5.32 Å². The molecule has 0 saturated carbocycles. The zero-order valence-corrected chi connectivity index (χ0v) is 10.5. The Kier molecular flexibility index (Phi) is 4.01. The first-order valence-corrected chi connectivity index (χ1v) is 5.87. The number of carbonyl (C=O) groups is 2. The van der Waals surface area contributed by atoms with Crippen molar-refractivity contribution in [2.75, 3.05) is 13.7 Å². The minimum absolute atomic E-state index is 0.121. The van der Waals surface area contributed by atoms with Crippen molar-refractivity contribution in [3.63, 3.8) is 0 Å². The van der Waals surface area contributed by atoms with E-state index < -0.39 is 24.0 Å². The van der Waals surface area contributed by atoms with E-state index in [4.69, 9.17) is 14.6 Å². The number of amides is 1. The van der Waals surface area contributed by atoms with Crippen LogP contribution in [-0.4, -0.2) is 42.8 Å². The Bertz CT molecular complexity index is 488. The second kappa shape index (κ2) is 5.71. The van der Waals surface area contributed by atoms with Gasteiger partial charge in [-0.1, -0.05) is 18.2 Å². The SMILES string of the molecule is COc1ccccc1CC1OCC(=O)NC1C(=O)O. The summed E-state index contributed by atoms with van der Waals surface area (Å²) in [4.78, 5) is 22.3. The number of para-hydroxylation sites is 1. The van der Waals surface area contributed by atoms with Gasteiger partial charge in [0, 0.05) is 6.42 Å². The molecule has 1 saturated heterocycles. The second-order valence-electron chi connectivity index (χ2n) is 4.25. The van der Waals surface area contributed by atoms with Gasteiger partial charge in [-0.3, -0.25) is 4.79 Å². The Morgan fingerprint density at radius 1 is 1.53 bits per heavy atom. The zero-order chi connectivity index (χ0) is 13.8. The Balaban J connectivity index is 2.16. The molecule has 0 spiro atoms. The molecule has 0 aromatic heterocycles. The fourth-order valence-corrected chi connectivity index (χ4v) is 2.07. The first kappa shape index (κ1) is 13.4. The molecule has 1 heterocycles. The van der Waals surface area contributed by atoms with Gasteiger partial charge in [-0.05, 0) is 11.6 Å². The molecule has 1 aliphatic rings. The van der Waals surface area contributed by atoms with Gasteiger partial charge in [-0.25, -0.2) is 4.79 Å². The number of carbonyl (C=O) groups excluding carboxylic acids is 1. The summed E-state index contributed by atoms with van der Waals surface area (Å²) in [6.07, 6.45) is -0.243. The smallest absolute Gasteiger partial charge is 0.328 e. The summed E-state index contributed by atoms with van der Waals surface area (Å²) in [5, 5.41) is 11.5. The maximum absolute atomic E-state index is 11.2. The summed E-state index contributed by atoms with van der Waals surface area (Å²) in [6.45, 7) is -0.121. The highest BCUT2D eigenvalue weighted by molar-refractivity contribution is 5.85. The van der Waals surface area contributed by atoms with Crippen molar-refractivity contribution >= 4 is 11.9 Å². The molecule has 1 fully saturated rings. The molecule has 2 N–H and O–H groups in total. The molecule has 1 aromatic carbocycles. The van der Waals surface area contributed by atoms with E-state index in [1.54, 1.807) is 13.2 Å². The van der Waals surface area contributed by atoms with Crippen LogP contribution in [0, 0.1) is 0 Å². The van der Waals surface area contributed by atoms with Gasteiger partial charge in [0.05, 0.1) is 13.2 Å². The molecule has 0 bridgehead atoms. The molecular formula is C13H15NO5. The highest BCUT2D eigenvalue weighted by Crippen LogP contribution is 2.22. The lowest BCUT2D eigenvalue weighted by molar-refractivity contribution is -0.154. The molecule has 1 amide bonds. The molecule has 102 valence electrons. The van der Waals surface area contributed by atoms with Gasteiger partial charge in [-0.2, -0.15) is 0 Å². The maximum Gasteiger partial charge on any atom is 0.328 e. The number of aliphatic carboxylic acids is 1. The second-order valence-corrected chi connectivity index (χ2v) is 4.25. The number of morpholine rings is 1. The summed E-state index contributed by atoms with van der Waals surface area (Å²) < 4.78 is 10.5. The summed E-state index contributed by atoms with van der Waals surface area (Å²) in [5.74, 6) is -0.844. The molecule has 6 nitrogen and oxygen atoms in total. The molecule has 2 unspecified atom stereocenters. The third-order valence-corrected chi connectivity index (χ3v) is 3.00. The van der Waals surface area contributed by atoms with Crippen LogP contribution in [0.4, 0.5) is 0 Å². The van der Waals surface area contributed by atoms with Gasteiger partial charge >= 0.3 is 5.97 Å². The summed E-state index contributed by atoms with van der Waals surface area (Å²) in [6, 6.07) is 6.28. The minimum atomic E-state index is -1.10. The van der Waals surface area contributed by atoms with Crippen LogP contribution < -0.4 is 10.1 Å². The first-order chi connectivity index (χ1) is 9.11. The average molecular weight is 265 g/mol. The van der Waals surface area contributed by atoms with Crippen LogP contribution in [0.15, 0.2) is 24.3 Å². The van der Waals surface area contributed by atoms with E-state index in [0.29, 0.717) is 12.2 Å². The highest BCUT2D eigenvalue weighted by Gasteiger charge is 2.35. The topological polar surface area (TPSA) is 84.9 Å². The number of rotatable bonds is 4. The predicted octanol–water partition coefficient (Wildman–Crippen LogP) is 0.206. The normalized spacial score (nSPS) is 22.7. The van der Waals surface area contributed by atoms with Crippen LogP contribution in [0.5, 0.6) is 5.75 Å². The van der Waals surface area contributed by atoms with Gasteiger partial charge in [-0.15, -0.1) is 0 Å². The predicted molar refractivity (Wildman–Crippen MR) is 66.0 cm³/mol. The minimum Gasteiger partial charge on any atom is -0.496 e. The fraction of sp³-hybridized carbons (Fsp3) is 0.385. The van der Waals surface area contributed by atoms with E-state index in [0.717, 1.165) is 5.56 Å². The van der Waals surface area contributed by atoms with E-state index in [1.165, 1.54) is 0 Å². The van der Waals surface area contributed by atoms with Crippen LogP contribution in [0.3, 0.4) is 0 Å². The number of ether oxygens (including phenoxy) is 2. The van der Waals surface area contributed by atoms with Gasteiger partial charge in [0.25, 0.3) is 0 Å². The van der Waals surface area contributed by atoms with E-state index in [9.17, 15) is 9.59 Å². The van der Waals surface area contributed by atoms with Crippen molar-refractivity contribution in [2.45, 2.75) is 18.6 Å². The molecule has 6 heteroatoms. The van der Waals surface area contributed by atoms with E-state index in [1.807, 2.05) is 18.2 Å². The molecule has 0 aliphatic carbocycles. The third kappa shape index (κ3) is 3.03. The number of methoxy groups -OCH3 is 1. The van der Waals surface area contributed by atoms with Gasteiger partial charge < -0.3 is 19.9 Å². The van der Waals surface area contributed by atoms with Crippen molar-refractivity contribution in [3.8, 4) is 5.75 Å². The molecule has 2 atom stereocenters. The Morgan fingerprint density at radius 3 is 2.95 bits per heavy atom. The van der Waals surface area contributed by atoms with E-state index in [-0.39, 0.29) is 6.61 Å². The third-order valence-electron chi connectivity index (χ3n) is 3.00. The van der Waals surface area contributed by atoms with Crippen LogP contribution in [0.1, 0.15) is 5.56 Å². The first-order valence-electron chi connectivity index (χ1n) is 5.87. The molecule has 2 rings (SSSR count). The van der Waals surface area contributed by atoms with Crippen molar-refractivity contribution in [1.29, 1.82) is 0 Å². The zero-order valence-electron chi connectivity index (χ0n) is 10.5. The number of hydrogen-bond donors (Lipinski definition) is 2. The lowest BCUT2D eigenvalue weighted by atomic mass is 10.00. The number of carboxylic acid groups (broad SMARTS) is 1. The average Bonchev–Trinajstić information content (AvgIpc) is 2.41.